The predicted molar refractivity (Wildman–Crippen MR) is 85.2 cm³/mol. The first-order valence-corrected chi connectivity index (χ1v) is 7.01. The van der Waals surface area contributed by atoms with Crippen LogP contribution in [0.5, 0.6) is 5.75 Å². The van der Waals surface area contributed by atoms with Crippen molar-refractivity contribution >= 4 is 29.1 Å². The average Bonchev–Trinajstić information content (AvgIpc) is 2.49. The molecule has 2 amide bonds. The molecule has 0 atom stereocenters. The number of ether oxygens (including phenoxy) is 1. The van der Waals surface area contributed by atoms with Gasteiger partial charge >= 0.3 is 0 Å². The van der Waals surface area contributed by atoms with E-state index in [0.717, 1.165) is 0 Å². The molecule has 114 valence electrons. The number of benzene rings is 2. The monoisotopic (exact) mass is 318 g/mol. The number of primary amides is 1. The Kier molecular flexibility index (Phi) is 5.38. The van der Waals surface area contributed by atoms with Gasteiger partial charge in [0.15, 0.2) is 0 Å². The van der Waals surface area contributed by atoms with Crippen molar-refractivity contribution in [3.63, 3.8) is 0 Å². The number of hydrogen-bond acceptors (Lipinski definition) is 3. The van der Waals surface area contributed by atoms with E-state index >= 15 is 0 Å². The molecule has 0 spiro atoms. The van der Waals surface area contributed by atoms with Crippen LogP contribution in [0.1, 0.15) is 16.8 Å². The van der Waals surface area contributed by atoms with Crippen molar-refractivity contribution < 1.29 is 14.3 Å². The van der Waals surface area contributed by atoms with Crippen molar-refractivity contribution in [3.8, 4) is 5.75 Å². The molecular weight excluding hydrogens is 304 g/mol. The van der Waals surface area contributed by atoms with Gasteiger partial charge in [-0.05, 0) is 24.3 Å². The maximum absolute atomic E-state index is 11.9. The second kappa shape index (κ2) is 7.47. The third kappa shape index (κ3) is 4.23. The number of rotatable bonds is 6. The topological polar surface area (TPSA) is 81.4 Å². The summed E-state index contributed by atoms with van der Waals surface area (Å²) in [5.41, 5.74) is 5.91. The molecule has 0 saturated heterocycles. The minimum absolute atomic E-state index is 0.123. The maximum Gasteiger partial charge on any atom is 0.250 e. The van der Waals surface area contributed by atoms with Gasteiger partial charge in [0, 0.05) is 0 Å². The molecule has 22 heavy (non-hydrogen) atoms. The van der Waals surface area contributed by atoms with E-state index in [0.29, 0.717) is 16.5 Å². The number of anilines is 1. The molecule has 0 aliphatic rings. The van der Waals surface area contributed by atoms with E-state index in [9.17, 15) is 9.59 Å². The summed E-state index contributed by atoms with van der Waals surface area (Å²) in [5, 5.41) is 3.13. The highest BCUT2D eigenvalue weighted by molar-refractivity contribution is 6.32. The molecule has 6 heteroatoms. The van der Waals surface area contributed by atoms with E-state index in [4.69, 9.17) is 22.1 Å². The van der Waals surface area contributed by atoms with E-state index in [1.165, 1.54) is 0 Å². The molecular formula is C16H15ClN2O3. The lowest BCUT2D eigenvalue weighted by Gasteiger charge is -2.10. The van der Waals surface area contributed by atoms with Gasteiger partial charge in [0.05, 0.1) is 29.3 Å². The summed E-state index contributed by atoms with van der Waals surface area (Å²) in [7, 11) is 0. The van der Waals surface area contributed by atoms with Gasteiger partial charge in [0.2, 0.25) is 5.91 Å². The molecule has 0 bridgehead atoms. The van der Waals surface area contributed by atoms with Crippen LogP contribution in [0.2, 0.25) is 5.02 Å². The van der Waals surface area contributed by atoms with Crippen LogP contribution in [-0.4, -0.2) is 18.4 Å². The number of nitrogens with two attached hydrogens (primary N) is 1. The number of hydrogen-bond donors (Lipinski definition) is 2. The van der Waals surface area contributed by atoms with Crippen molar-refractivity contribution in [3.05, 3.63) is 59.1 Å². The van der Waals surface area contributed by atoms with Crippen LogP contribution >= 0.6 is 11.6 Å². The molecule has 2 aromatic carbocycles. The third-order valence-electron chi connectivity index (χ3n) is 2.89. The first-order valence-electron chi connectivity index (χ1n) is 6.64. The quantitative estimate of drug-likeness (QED) is 0.859. The minimum Gasteiger partial charge on any atom is -0.491 e. The van der Waals surface area contributed by atoms with Gasteiger partial charge in [0.25, 0.3) is 5.91 Å². The molecule has 2 rings (SSSR count). The molecule has 0 aliphatic heterocycles. The smallest absolute Gasteiger partial charge is 0.250 e. The molecule has 0 fully saturated rings. The highest BCUT2D eigenvalue weighted by atomic mass is 35.5. The highest BCUT2D eigenvalue weighted by Gasteiger charge is 2.10. The summed E-state index contributed by atoms with van der Waals surface area (Å²) in [6.45, 7) is 0.175. The lowest BCUT2D eigenvalue weighted by atomic mass is 10.1. The zero-order valence-corrected chi connectivity index (χ0v) is 12.5. The number of carbonyl (C=O) groups is 2. The summed E-state index contributed by atoms with van der Waals surface area (Å²) in [6.07, 6.45) is 0.123. The first kappa shape index (κ1) is 15.9. The normalized spacial score (nSPS) is 10.0. The zero-order valence-electron chi connectivity index (χ0n) is 11.7. The van der Waals surface area contributed by atoms with Crippen molar-refractivity contribution in [2.45, 2.75) is 6.42 Å². The minimum atomic E-state index is -0.594. The van der Waals surface area contributed by atoms with Crippen LogP contribution in [0.4, 0.5) is 5.69 Å². The number of amides is 2. The lowest BCUT2D eigenvalue weighted by Crippen LogP contribution is -2.19. The molecule has 5 nitrogen and oxygen atoms in total. The summed E-state index contributed by atoms with van der Waals surface area (Å²) in [4.78, 5) is 23.2. The second-order valence-electron chi connectivity index (χ2n) is 4.49. The second-order valence-corrected chi connectivity index (χ2v) is 4.89. The first-order chi connectivity index (χ1) is 10.6. The van der Waals surface area contributed by atoms with Gasteiger partial charge in [0.1, 0.15) is 5.75 Å². The maximum atomic E-state index is 11.9. The van der Waals surface area contributed by atoms with Crippen molar-refractivity contribution in [1.29, 1.82) is 0 Å². The Morgan fingerprint density at radius 2 is 1.77 bits per heavy atom. The Balaban J connectivity index is 1.89. The van der Waals surface area contributed by atoms with Gasteiger partial charge in [-0.15, -0.1) is 0 Å². The summed E-state index contributed by atoms with van der Waals surface area (Å²) < 4.78 is 5.44. The fourth-order valence-corrected chi connectivity index (χ4v) is 2.03. The average molecular weight is 319 g/mol. The number of halogens is 1. The fourth-order valence-electron chi connectivity index (χ4n) is 1.84. The summed E-state index contributed by atoms with van der Waals surface area (Å²) in [6, 6.07) is 13.6. The Labute approximate surface area is 133 Å². The van der Waals surface area contributed by atoms with Crippen LogP contribution in [0.15, 0.2) is 48.5 Å². The van der Waals surface area contributed by atoms with E-state index in [1.54, 1.807) is 48.5 Å². The standard InChI is InChI=1S/C16H15ClN2O3/c17-12-6-2-4-8-14(12)22-10-9-15(20)19-13-7-3-1-5-11(13)16(18)21/h1-8H,9-10H2,(H2,18,21)(H,19,20). The third-order valence-corrected chi connectivity index (χ3v) is 3.20. The number of carbonyl (C=O) groups excluding carboxylic acids is 2. The van der Waals surface area contributed by atoms with Crippen molar-refractivity contribution in [1.82, 2.24) is 0 Å². The van der Waals surface area contributed by atoms with Gasteiger partial charge in [-0.2, -0.15) is 0 Å². The predicted octanol–water partition coefficient (Wildman–Crippen LogP) is 2.85. The van der Waals surface area contributed by atoms with E-state index in [1.807, 2.05) is 0 Å². The Bertz CT molecular complexity index is 689. The molecule has 0 radical (unpaired) electrons. The lowest BCUT2D eigenvalue weighted by molar-refractivity contribution is -0.116. The molecule has 0 heterocycles. The van der Waals surface area contributed by atoms with Crippen LogP contribution in [0, 0.1) is 0 Å². The Hall–Kier alpha value is -2.53. The molecule has 2 aromatic rings. The van der Waals surface area contributed by atoms with Crippen LogP contribution in [0.3, 0.4) is 0 Å². The fraction of sp³-hybridized carbons (Fsp3) is 0.125. The van der Waals surface area contributed by atoms with Crippen molar-refractivity contribution in [2.75, 3.05) is 11.9 Å². The zero-order chi connectivity index (χ0) is 15.9. The van der Waals surface area contributed by atoms with Crippen LogP contribution in [-0.2, 0) is 4.79 Å². The Morgan fingerprint density at radius 3 is 2.50 bits per heavy atom. The highest BCUT2D eigenvalue weighted by Crippen LogP contribution is 2.23. The van der Waals surface area contributed by atoms with Gasteiger partial charge in [-0.25, -0.2) is 0 Å². The SMILES string of the molecule is NC(=O)c1ccccc1NC(=O)CCOc1ccccc1Cl. The number of nitrogens with one attached hydrogen (secondary N) is 1. The van der Waals surface area contributed by atoms with Crippen LogP contribution in [0.25, 0.3) is 0 Å². The van der Waals surface area contributed by atoms with E-state index < -0.39 is 5.91 Å². The largest absolute Gasteiger partial charge is 0.491 e. The van der Waals surface area contributed by atoms with Gasteiger partial charge in [-0.3, -0.25) is 9.59 Å². The molecule has 3 N–H and O–H groups in total. The molecule has 0 aromatic heterocycles. The van der Waals surface area contributed by atoms with Gasteiger partial charge < -0.3 is 15.8 Å². The van der Waals surface area contributed by atoms with E-state index in [2.05, 4.69) is 5.32 Å². The number of para-hydroxylation sites is 2. The van der Waals surface area contributed by atoms with E-state index in [-0.39, 0.29) is 24.5 Å². The summed E-state index contributed by atoms with van der Waals surface area (Å²) >= 11 is 5.95. The van der Waals surface area contributed by atoms with Gasteiger partial charge in [-0.1, -0.05) is 35.9 Å². The Morgan fingerprint density at radius 1 is 1.09 bits per heavy atom. The van der Waals surface area contributed by atoms with Crippen LogP contribution < -0.4 is 15.8 Å². The summed E-state index contributed by atoms with van der Waals surface area (Å²) in [5.74, 6) is -0.349. The molecule has 0 unspecified atom stereocenters. The molecule has 0 aliphatic carbocycles. The molecule has 0 saturated carbocycles. The van der Waals surface area contributed by atoms with Crippen molar-refractivity contribution in [2.24, 2.45) is 5.73 Å².